The fraction of sp³-hybridized carbons (Fsp3) is 0.556. The number of aromatic carboxylic acids is 1. The zero-order valence-corrected chi connectivity index (χ0v) is 9.95. The molecule has 0 amide bonds. The Labute approximate surface area is 96.1 Å². The lowest BCUT2D eigenvalue weighted by Gasteiger charge is -2.11. The van der Waals surface area contributed by atoms with E-state index in [0.717, 1.165) is 6.54 Å². The minimum atomic E-state index is -0.967. The molecule has 1 aromatic rings. The molecule has 1 heterocycles. The number of carboxylic acid groups (broad SMARTS) is 1. The first kappa shape index (κ1) is 10.8. The van der Waals surface area contributed by atoms with E-state index in [1.807, 2.05) is 11.8 Å². The second kappa shape index (κ2) is 4.02. The molecule has 0 spiro atoms. The van der Waals surface area contributed by atoms with E-state index in [1.54, 1.807) is 5.38 Å². The largest absolute Gasteiger partial charge is 0.476 e. The number of nitrogens with one attached hydrogen (secondary N) is 1. The molecule has 15 heavy (non-hydrogen) atoms. The lowest BCUT2D eigenvalue weighted by atomic mass is 10.4. The van der Waals surface area contributed by atoms with Crippen LogP contribution in [0, 0.1) is 0 Å². The van der Waals surface area contributed by atoms with Crippen molar-refractivity contribution in [1.29, 1.82) is 0 Å². The maximum atomic E-state index is 10.6. The summed E-state index contributed by atoms with van der Waals surface area (Å²) in [7, 11) is 0. The summed E-state index contributed by atoms with van der Waals surface area (Å²) >= 11 is 3.21. The SMILES string of the molecule is CSC1(CNc2nc(C(=O)O)cs2)CC1. The van der Waals surface area contributed by atoms with Gasteiger partial charge in [0.25, 0.3) is 0 Å². The summed E-state index contributed by atoms with van der Waals surface area (Å²) in [6.45, 7) is 0.876. The molecular formula is C9H12N2O2S2. The quantitative estimate of drug-likeness (QED) is 0.831. The van der Waals surface area contributed by atoms with Gasteiger partial charge < -0.3 is 10.4 Å². The topological polar surface area (TPSA) is 62.2 Å². The molecule has 82 valence electrons. The Hall–Kier alpha value is -0.750. The van der Waals surface area contributed by atoms with Crippen LogP contribution in [-0.4, -0.2) is 33.6 Å². The number of carboxylic acids is 1. The third-order valence-electron chi connectivity index (χ3n) is 2.53. The van der Waals surface area contributed by atoms with Crippen molar-refractivity contribution in [3.63, 3.8) is 0 Å². The van der Waals surface area contributed by atoms with Crippen molar-refractivity contribution in [2.45, 2.75) is 17.6 Å². The van der Waals surface area contributed by atoms with Gasteiger partial charge in [0.2, 0.25) is 0 Å². The maximum absolute atomic E-state index is 10.6. The number of nitrogens with zero attached hydrogens (tertiary/aromatic N) is 1. The van der Waals surface area contributed by atoms with Gasteiger partial charge in [-0.1, -0.05) is 0 Å². The van der Waals surface area contributed by atoms with Crippen LogP contribution in [0.3, 0.4) is 0 Å². The number of hydrogen-bond acceptors (Lipinski definition) is 5. The number of aromatic nitrogens is 1. The molecule has 1 aliphatic rings. The number of thiazole rings is 1. The average Bonchev–Trinajstić information content (AvgIpc) is 2.85. The molecule has 0 aromatic carbocycles. The Balaban J connectivity index is 1.91. The molecule has 2 N–H and O–H groups in total. The van der Waals surface area contributed by atoms with Crippen LogP contribution in [0.15, 0.2) is 5.38 Å². The second-order valence-electron chi connectivity index (χ2n) is 3.58. The molecule has 0 radical (unpaired) electrons. The molecule has 0 aliphatic heterocycles. The number of rotatable bonds is 5. The number of thioether (sulfide) groups is 1. The highest BCUT2D eigenvalue weighted by Gasteiger charge is 2.41. The first-order valence-corrected chi connectivity index (χ1v) is 6.73. The van der Waals surface area contributed by atoms with Gasteiger partial charge in [0.1, 0.15) is 0 Å². The van der Waals surface area contributed by atoms with Crippen molar-refractivity contribution in [2.24, 2.45) is 0 Å². The van der Waals surface area contributed by atoms with Crippen molar-refractivity contribution in [2.75, 3.05) is 18.1 Å². The molecular weight excluding hydrogens is 232 g/mol. The van der Waals surface area contributed by atoms with Gasteiger partial charge in [0.15, 0.2) is 10.8 Å². The van der Waals surface area contributed by atoms with Crippen LogP contribution in [0.5, 0.6) is 0 Å². The Morgan fingerprint density at radius 3 is 3.00 bits per heavy atom. The van der Waals surface area contributed by atoms with Gasteiger partial charge in [-0.15, -0.1) is 11.3 Å². The Morgan fingerprint density at radius 2 is 2.53 bits per heavy atom. The molecule has 0 unspecified atom stereocenters. The Bertz CT molecular complexity index is 374. The third kappa shape index (κ3) is 2.43. The fourth-order valence-corrected chi connectivity index (χ4v) is 2.69. The zero-order valence-electron chi connectivity index (χ0n) is 8.32. The number of carbonyl (C=O) groups is 1. The first-order chi connectivity index (χ1) is 7.15. The van der Waals surface area contributed by atoms with Crippen molar-refractivity contribution in [3.05, 3.63) is 11.1 Å². The summed E-state index contributed by atoms with van der Waals surface area (Å²) in [6.07, 6.45) is 4.58. The molecule has 1 saturated carbocycles. The van der Waals surface area contributed by atoms with Gasteiger partial charge in [-0.25, -0.2) is 9.78 Å². The summed E-state index contributed by atoms with van der Waals surface area (Å²) < 4.78 is 0.370. The molecule has 6 heteroatoms. The molecule has 0 bridgehead atoms. The molecule has 1 aliphatic carbocycles. The van der Waals surface area contributed by atoms with Crippen molar-refractivity contribution in [3.8, 4) is 0 Å². The van der Waals surface area contributed by atoms with Crippen LogP contribution in [0.4, 0.5) is 5.13 Å². The van der Waals surface area contributed by atoms with E-state index in [9.17, 15) is 4.79 Å². The Kier molecular flexibility index (Phi) is 2.88. The minimum absolute atomic E-state index is 0.122. The number of anilines is 1. The van der Waals surface area contributed by atoms with Crippen LogP contribution in [0.2, 0.25) is 0 Å². The highest BCUT2D eigenvalue weighted by atomic mass is 32.2. The van der Waals surface area contributed by atoms with E-state index in [0.29, 0.717) is 9.88 Å². The Morgan fingerprint density at radius 1 is 1.80 bits per heavy atom. The van der Waals surface area contributed by atoms with Crippen LogP contribution in [0.25, 0.3) is 0 Å². The summed E-state index contributed by atoms with van der Waals surface area (Å²) in [5, 5.41) is 14.2. The average molecular weight is 244 g/mol. The number of hydrogen-bond donors (Lipinski definition) is 2. The smallest absolute Gasteiger partial charge is 0.355 e. The fourth-order valence-electron chi connectivity index (χ4n) is 1.28. The predicted octanol–water partition coefficient (Wildman–Crippen LogP) is 2.15. The lowest BCUT2D eigenvalue weighted by Crippen LogP contribution is -2.17. The zero-order chi connectivity index (χ0) is 10.9. The molecule has 1 fully saturated rings. The standard InChI is InChI=1S/C9H12N2O2S2/c1-14-9(2-3-9)5-10-8-11-6(4-15-8)7(12)13/h4H,2-3,5H2,1H3,(H,10,11)(H,12,13). The molecule has 0 atom stereocenters. The molecule has 0 saturated heterocycles. The van der Waals surface area contributed by atoms with E-state index >= 15 is 0 Å². The lowest BCUT2D eigenvalue weighted by molar-refractivity contribution is 0.0691. The van der Waals surface area contributed by atoms with Gasteiger partial charge >= 0.3 is 5.97 Å². The van der Waals surface area contributed by atoms with Crippen molar-refractivity contribution < 1.29 is 9.90 Å². The van der Waals surface area contributed by atoms with Gasteiger partial charge in [-0.3, -0.25) is 0 Å². The summed E-state index contributed by atoms with van der Waals surface area (Å²) in [6, 6.07) is 0. The first-order valence-electron chi connectivity index (χ1n) is 4.63. The molecule has 1 aromatic heterocycles. The van der Waals surface area contributed by atoms with Crippen molar-refractivity contribution in [1.82, 2.24) is 4.98 Å². The van der Waals surface area contributed by atoms with Crippen LogP contribution >= 0.6 is 23.1 Å². The predicted molar refractivity (Wildman–Crippen MR) is 63.0 cm³/mol. The maximum Gasteiger partial charge on any atom is 0.355 e. The second-order valence-corrected chi connectivity index (χ2v) is 5.72. The van der Waals surface area contributed by atoms with Crippen LogP contribution in [0.1, 0.15) is 23.3 Å². The normalized spacial score (nSPS) is 17.4. The summed E-state index contributed by atoms with van der Waals surface area (Å²) in [5.41, 5.74) is 0.122. The highest BCUT2D eigenvalue weighted by molar-refractivity contribution is 8.00. The monoisotopic (exact) mass is 244 g/mol. The van der Waals surface area contributed by atoms with Crippen molar-refractivity contribution >= 4 is 34.2 Å². The van der Waals surface area contributed by atoms with Gasteiger partial charge in [-0.05, 0) is 19.1 Å². The van der Waals surface area contributed by atoms with E-state index in [4.69, 9.17) is 5.11 Å². The minimum Gasteiger partial charge on any atom is -0.476 e. The third-order valence-corrected chi connectivity index (χ3v) is 4.74. The van der Waals surface area contributed by atoms with E-state index in [-0.39, 0.29) is 5.69 Å². The van der Waals surface area contributed by atoms with E-state index < -0.39 is 5.97 Å². The van der Waals surface area contributed by atoms with E-state index in [2.05, 4.69) is 16.6 Å². The summed E-state index contributed by atoms with van der Waals surface area (Å²) in [4.78, 5) is 14.6. The molecule has 4 nitrogen and oxygen atoms in total. The van der Waals surface area contributed by atoms with Crippen LogP contribution in [-0.2, 0) is 0 Å². The summed E-state index contributed by atoms with van der Waals surface area (Å²) in [5.74, 6) is -0.967. The van der Waals surface area contributed by atoms with Gasteiger partial charge in [0, 0.05) is 16.7 Å². The van der Waals surface area contributed by atoms with E-state index in [1.165, 1.54) is 24.2 Å². The van der Waals surface area contributed by atoms with Gasteiger partial charge in [0.05, 0.1) is 0 Å². The van der Waals surface area contributed by atoms with Gasteiger partial charge in [-0.2, -0.15) is 11.8 Å². The molecule has 2 rings (SSSR count). The highest BCUT2D eigenvalue weighted by Crippen LogP contribution is 2.47. The van der Waals surface area contributed by atoms with Crippen LogP contribution < -0.4 is 5.32 Å².